The number of hydrogen-bond acceptors (Lipinski definition) is 7. The molecule has 2 aliphatic heterocycles. The van der Waals surface area contributed by atoms with Gasteiger partial charge in [-0.3, -0.25) is 5.41 Å². The van der Waals surface area contributed by atoms with Crippen LogP contribution in [0.15, 0.2) is 18.2 Å². The predicted octanol–water partition coefficient (Wildman–Crippen LogP) is 5.11. The number of rotatable bonds is 6. The molecule has 1 atom stereocenters. The van der Waals surface area contributed by atoms with Crippen LogP contribution in [0.5, 0.6) is 5.75 Å². The second-order valence-corrected chi connectivity index (χ2v) is 10.4. The Hall–Kier alpha value is -3.31. The summed E-state index contributed by atoms with van der Waals surface area (Å²) in [6.07, 6.45) is -2.14. The minimum Gasteiger partial charge on any atom is -0.494 e. The minimum atomic E-state index is -4.43. The molecule has 8 nitrogen and oxygen atoms in total. The molecule has 1 saturated heterocycles. The third-order valence-corrected chi connectivity index (χ3v) is 7.00. The van der Waals surface area contributed by atoms with Crippen molar-refractivity contribution in [3.63, 3.8) is 0 Å². The van der Waals surface area contributed by atoms with Crippen LogP contribution in [0.1, 0.15) is 50.9 Å². The Kier molecular flexibility index (Phi) is 6.31. The number of nitrogens with zero attached hydrogens (tertiary/aromatic N) is 4. The lowest BCUT2D eigenvalue weighted by atomic mass is 9.88. The molecule has 0 spiro atoms. The molecule has 2 fully saturated rings. The van der Waals surface area contributed by atoms with Crippen LogP contribution in [0.2, 0.25) is 0 Å². The fourth-order valence-corrected chi connectivity index (χ4v) is 5.09. The fraction of sp³-hybridized carbons (Fsp3) is 0.560. The number of hydrogen-bond donors (Lipinski definition) is 2. The highest BCUT2D eigenvalue weighted by molar-refractivity contribution is 5.77. The van der Waals surface area contributed by atoms with Crippen LogP contribution in [0.3, 0.4) is 0 Å². The summed E-state index contributed by atoms with van der Waals surface area (Å²) < 4.78 is 64.9. The second kappa shape index (κ2) is 9.21. The molecule has 3 aliphatic rings. The van der Waals surface area contributed by atoms with Crippen LogP contribution < -0.4 is 15.0 Å². The van der Waals surface area contributed by atoms with Gasteiger partial charge < -0.3 is 24.6 Å². The maximum Gasteiger partial charge on any atom is 0.408 e. The zero-order chi connectivity index (χ0) is 26.5. The van der Waals surface area contributed by atoms with Gasteiger partial charge in [0.2, 0.25) is 0 Å². The van der Waals surface area contributed by atoms with Crippen LogP contribution in [-0.4, -0.2) is 59.3 Å². The summed E-state index contributed by atoms with van der Waals surface area (Å²) in [5.74, 6) is 1.39. The van der Waals surface area contributed by atoms with Crippen molar-refractivity contribution in [1.82, 2.24) is 14.9 Å². The molecule has 0 unspecified atom stereocenters. The highest BCUT2D eigenvalue weighted by Gasteiger charge is 2.47. The van der Waals surface area contributed by atoms with E-state index in [1.54, 1.807) is 6.07 Å². The fourth-order valence-electron chi connectivity index (χ4n) is 5.09. The van der Waals surface area contributed by atoms with Crippen LogP contribution in [-0.2, 0) is 16.8 Å². The molecule has 0 amide bonds. The zero-order valence-electron chi connectivity index (χ0n) is 21.0. The van der Waals surface area contributed by atoms with E-state index >= 15 is 0 Å². The van der Waals surface area contributed by atoms with Crippen LogP contribution in [0.25, 0.3) is 0 Å². The van der Waals surface area contributed by atoms with E-state index < -0.39 is 24.1 Å². The van der Waals surface area contributed by atoms with E-state index in [9.17, 15) is 17.6 Å². The first-order valence-corrected chi connectivity index (χ1v) is 12.3. The maximum absolute atomic E-state index is 13.9. The zero-order valence-corrected chi connectivity index (χ0v) is 21.0. The van der Waals surface area contributed by atoms with Crippen molar-refractivity contribution in [2.45, 2.75) is 69.8 Å². The molecule has 37 heavy (non-hydrogen) atoms. The highest BCUT2D eigenvalue weighted by Crippen LogP contribution is 2.49. The molecule has 2 N–H and O–H groups in total. The quantitative estimate of drug-likeness (QED) is 0.310. The summed E-state index contributed by atoms with van der Waals surface area (Å²) in [6, 6.07) is 2.31. The number of likely N-dealkylation sites (tertiary alicyclic amines) is 1. The standard InChI is InChI=1S/C25H30F4N6O2/c1-24(2)13-35(16-9-6-14(26)11-17(16)36-3)22-20(24)21(31-15-7-8-15)32-19(33-22)12-37-23(30)34-10-4-5-18(34)25(27,28)29/h6,9,11,15,18,30H,4-5,7-8,10,12-13H2,1-3H3,(H,31,32,33)/t18-/m1/s1. The lowest BCUT2D eigenvalue weighted by Crippen LogP contribution is -2.45. The molecular formula is C25H30F4N6O2. The summed E-state index contributed by atoms with van der Waals surface area (Å²) in [4.78, 5) is 12.3. The second-order valence-electron chi connectivity index (χ2n) is 10.4. The average molecular weight is 523 g/mol. The van der Waals surface area contributed by atoms with E-state index in [4.69, 9.17) is 19.9 Å². The van der Waals surface area contributed by atoms with Gasteiger partial charge in [-0.15, -0.1) is 0 Å². The van der Waals surface area contributed by atoms with E-state index in [0.717, 1.165) is 23.3 Å². The lowest BCUT2D eigenvalue weighted by molar-refractivity contribution is -0.169. The number of anilines is 3. The summed E-state index contributed by atoms with van der Waals surface area (Å²) in [7, 11) is 1.47. The number of amidine groups is 1. The third kappa shape index (κ3) is 4.97. The van der Waals surface area contributed by atoms with Crippen LogP contribution in [0, 0.1) is 11.2 Å². The highest BCUT2D eigenvalue weighted by atomic mass is 19.4. The number of benzene rings is 1. The molecule has 1 saturated carbocycles. The topological polar surface area (TPSA) is 86.6 Å². The van der Waals surface area contributed by atoms with E-state index in [2.05, 4.69) is 24.1 Å². The third-order valence-electron chi connectivity index (χ3n) is 7.00. The van der Waals surface area contributed by atoms with Crippen LogP contribution in [0.4, 0.5) is 34.9 Å². The summed E-state index contributed by atoms with van der Waals surface area (Å²) in [6.45, 7) is 4.51. The molecule has 5 rings (SSSR count). The first-order valence-electron chi connectivity index (χ1n) is 12.3. The normalized spacial score (nSPS) is 20.7. The van der Waals surface area contributed by atoms with Crippen LogP contribution >= 0.6 is 0 Å². The van der Waals surface area contributed by atoms with Crippen molar-refractivity contribution >= 4 is 23.3 Å². The van der Waals surface area contributed by atoms with Gasteiger partial charge in [-0.1, -0.05) is 13.8 Å². The van der Waals surface area contributed by atoms with E-state index in [-0.39, 0.29) is 36.9 Å². The Morgan fingerprint density at radius 1 is 1.22 bits per heavy atom. The molecular weight excluding hydrogens is 492 g/mol. The minimum absolute atomic E-state index is 0.0659. The summed E-state index contributed by atoms with van der Waals surface area (Å²) >= 11 is 0. The lowest BCUT2D eigenvalue weighted by Gasteiger charge is -2.27. The SMILES string of the molecule is COc1cc(F)ccc1N1CC(C)(C)c2c(NC3CC3)nc(COC(=N)N3CCC[C@@H]3C(F)(F)F)nc21. The largest absolute Gasteiger partial charge is 0.494 e. The average Bonchev–Trinajstić information content (AvgIpc) is 3.40. The molecule has 2 aromatic rings. The Balaban J connectivity index is 1.47. The van der Waals surface area contributed by atoms with Gasteiger partial charge in [0.1, 0.15) is 29.2 Å². The van der Waals surface area contributed by atoms with Crippen molar-refractivity contribution < 1.29 is 27.0 Å². The van der Waals surface area contributed by atoms with Crippen molar-refractivity contribution in [1.29, 1.82) is 5.41 Å². The number of aromatic nitrogens is 2. The Bertz CT molecular complexity index is 1200. The van der Waals surface area contributed by atoms with E-state index in [0.29, 0.717) is 36.0 Å². The number of methoxy groups -OCH3 is 1. The number of ether oxygens (including phenoxy) is 2. The van der Waals surface area contributed by atoms with Gasteiger partial charge in [-0.2, -0.15) is 13.2 Å². The number of nitrogens with one attached hydrogen (secondary N) is 2. The maximum atomic E-state index is 13.9. The monoisotopic (exact) mass is 522 g/mol. The first-order chi connectivity index (χ1) is 17.5. The van der Waals surface area contributed by atoms with Gasteiger partial charge in [-0.05, 0) is 37.8 Å². The Morgan fingerprint density at radius 2 is 1.97 bits per heavy atom. The number of fused-ring (bicyclic) bond motifs is 1. The van der Waals surface area contributed by atoms with E-state index in [1.807, 2.05) is 4.90 Å². The summed E-state index contributed by atoms with van der Waals surface area (Å²) in [5, 5.41) is 11.6. The molecule has 1 aromatic heterocycles. The van der Waals surface area contributed by atoms with E-state index in [1.165, 1.54) is 19.2 Å². The Labute approximate surface area is 212 Å². The predicted molar refractivity (Wildman–Crippen MR) is 130 cm³/mol. The first kappa shape index (κ1) is 25.3. The smallest absolute Gasteiger partial charge is 0.408 e. The Morgan fingerprint density at radius 3 is 2.65 bits per heavy atom. The van der Waals surface area contributed by atoms with Gasteiger partial charge in [0.15, 0.2) is 12.4 Å². The molecule has 12 heteroatoms. The van der Waals surface area contributed by atoms with Gasteiger partial charge in [0.25, 0.3) is 6.02 Å². The van der Waals surface area contributed by atoms with Gasteiger partial charge in [0, 0.05) is 36.2 Å². The van der Waals surface area contributed by atoms with Gasteiger partial charge in [0.05, 0.1) is 12.8 Å². The number of halogens is 4. The van der Waals surface area contributed by atoms with Gasteiger partial charge in [-0.25, -0.2) is 14.4 Å². The molecule has 3 heterocycles. The molecule has 0 bridgehead atoms. The molecule has 200 valence electrons. The van der Waals surface area contributed by atoms with Gasteiger partial charge >= 0.3 is 6.18 Å². The van der Waals surface area contributed by atoms with Crippen molar-refractivity contribution in [2.75, 3.05) is 30.4 Å². The number of alkyl halides is 3. The van der Waals surface area contributed by atoms with Crippen molar-refractivity contribution in [2.24, 2.45) is 0 Å². The molecule has 0 radical (unpaired) electrons. The van der Waals surface area contributed by atoms with Crippen molar-refractivity contribution in [3.8, 4) is 5.75 Å². The molecule has 1 aliphatic carbocycles. The summed E-state index contributed by atoms with van der Waals surface area (Å²) in [5.41, 5.74) is 1.16. The van der Waals surface area contributed by atoms with Crippen molar-refractivity contribution in [3.05, 3.63) is 35.4 Å². The molecule has 1 aromatic carbocycles.